The highest BCUT2D eigenvalue weighted by Gasteiger charge is 2.63. The summed E-state index contributed by atoms with van der Waals surface area (Å²) in [6, 6.07) is -13.1. The van der Waals surface area contributed by atoms with Crippen LogP contribution in [-0.2, 0) is 133 Å². The predicted molar refractivity (Wildman–Crippen MR) is 442 cm³/mol. The fourth-order valence-corrected chi connectivity index (χ4v) is 18.4. The van der Waals surface area contributed by atoms with E-state index in [2.05, 4.69) is 37.2 Å². The van der Waals surface area contributed by atoms with Crippen LogP contribution in [0.3, 0.4) is 0 Å². The number of hydrogen-bond donors (Lipinski definition) is 34. The first-order valence-electron chi connectivity index (χ1n) is 45.5. The number of aliphatic hydroxyl groups excluding tert-OH is 27. The van der Waals surface area contributed by atoms with Crippen molar-refractivity contribution in [2.24, 2.45) is 0 Å². The maximum atomic E-state index is 13.4. The van der Waals surface area contributed by atoms with E-state index in [4.69, 9.17) is 99.5 Å². The summed E-state index contributed by atoms with van der Waals surface area (Å²) in [7, 11) is 0. The smallest absolute Gasteiger partial charge is 0.217 e. The van der Waals surface area contributed by atoms with E-state index in [9.17, 15) is 171 Å². The molecule has 818 valence electrons. The molecule has 0 radical (unpaired) electrons. The fourth-order valence-electron chi connectivity index (χ4n) is 18.4. The van der Waals surface area contributed by atoms with Crippen LogP contribution in [0.2, 0.25) is 0 Å². The van der Waals surface area contributed by atoms with Crippen LogP contribution in [0.4, 0.5) is 0 Å². The average Bonchev–Trinajstić information content (AvgIpc) is 0.765. The summed E-state index contributed by atoms with van der Waals surface area (Å²) in [5.74, 6) is -6.43. The van der Waals surface area contributed by atoms with Crippen LogP contribution in [0.25, 0.3) is 0 Å². The number of hydrogen-bond acceptors (Lipinski definition) is 55. The highest BCUT2D eigenvalue weighted by Crippen LogP contribution is 2.42. The van der Waals surface area contributed by atoms with Gasteiger partial charge in [-0.15, -0.1) is 0 Å². The van der Waals surface area contributed by atoms with E-state index in [0.717, 1.165) is 48.5 Å². The SMILES string of the molecule is CC(=O)N[C@H]1[C@H](O[C@H]2[C@H](O)[C@@H](NC(C)=O)C(O)O[C@@H]2CO[C@@H]2O[C@@H](C)[C@@H](O)[C@@H](O)[C@@H]2O)O[C@H](CO)[C@@H](O[C@@H]2O[C@H](CO[C@H]3O[C@H](CO[C@@H]4O[C@H](CO)[C@@H](O[C@@H]5O[C@H](CO)[C@H](O)[C@H](O)[C@H]5NC(C)=O)[C@H](O)[C@H]4NC(C)=O)[C@@H](O)[C@H](O)[C@@H]3O[C@@H]3O[C@H](CO)[C@@H](O)[C@H](O)[C@H]3NC(C)=O)[C@@H](O)[C@H](O[C@H]3O[C@H](CO)[C@@H](O)[C@H](O)[C@@H]3O[C@@H]3O[C@H](CO)[C@@H](O[C@@H]4O[C@H](CO)[C@H](O)[C@H](O)[C@H]4NC(C)=O)[C@H](O)[C@H]3NC(C)=O)[C@@H]2O)[C@@H]1O. The molecule has 55 atom stereocenters. The highest BCUT2D eigenvalue weighted by atomic mass is 16.8. The summed E-state index contributed by atoms with van der Waals surface area (Å²) in [5.41, 5.74) is 0. The Kier molecular flexibility index (Phi) is 42.1. The van der Waals surface area contributed by atoms with Gasteiger partial charge in [-0.2, -0.15) is 0 Å². The Morgan fingerprint density at radius 3 is 0.817 bits per heavy atom. The van der Waals surface area contributed by atoms with Crippen molar-refractivity contribution in [3.05, 3.63) is 0 Å². The van der Waals surface area contributed by atoms with Gasteiger partial charge in [-0.3, -0.25) is 33.6 Å². The van der Waals surface area contributed by atoms with Gasteiger partial charge in [-0.25, -0.2) is 0 Å². The molecule has 0 aromatic carbocycles. The summed E-state index contributed by atoms with van der Waals surface area (Å²) in [5, 5.41) is 325. The Bertz CT molecular complexity index is 4030. The first-order valence-corrected chi connectivity index (χ1v) is 45.5. The quantitative estimate of drug-likeness (QED) is 0.0275. The van der Waals surface area contributed by atoms with E-state index < -0.39 is 445 Å². The summed E-state index contributed by atoms with van der Waals surface area (Å²) in [6.07, 6.45) is -101. The van der Waals surface area contributed by atoms with Gasteiger partial charge in [0.1, 0.15) is 262 Å². The molecule has 11 saturated heterocycles. The number of ether oxygens (including phenoxy) is 21. The van der Waals surface area contributed by atoms with E-state index >= 15 is 0 Å². The lowest BCUT2D eigenvalue weighted by atomic mass is 9.93. The second-order valence-corrected chi connectivity index (χ2v) is 36.0. The topological polar surface area (TPSA) is 944 Å². The first-order chi connectivity index (χ1) is 67.0. The number of carbonyl (C=O) groups excluding carboxylic acids is 7. The molecule has 1 unspecified atom stereocenters. The molecule has 0 spiro atoms. The molecule has 34 N–H and O–H groups in total. The van der Waals surface area contributed by atoms with E-state index in [1.165, 1.54) is 6.92 Å². The molecule has 62 nitrogen and oxygen atoms in total. The van der Waals surface area contributed by atoms with Crippen molar-refractivity contribution >= 4 is 41.4 Å². The molecule has 11 aliphatic rings. The van der Waals surface area contributed by atoms with Crippen molar-refractivity contribution in [1.29, 1.82) is 0 Å². The molecule has 11 aliphatic heterocycles. The van der Waals surface area contributed by atoms with Crippen molar-refractivity contribution in [2.75, 3.05) is 66.1 Å². The zero-order valence-corrected chi connectivity index (χ0v) is 77.3. The fraction of sp³-hybridized carbons (Fsp3) is 0.912. The summed E-state index contributed by atoms with van der Waals surface area (Å²) in [4.78, 5) is 90.1. The molecule has 62 heteroatoms. The molecule has 0 aromatic rings. The number of aliphatic hydroxyl groups is 27. The average molecular weight is 2070 g/mol. The maximum Gasteiger partial charge on any atom is 0.217 e. The zero-order valence-electron chi connectivity index (χ0n) is 77.3. The lowest BCUT2D eigenvalue weighted by molar-refractivity contribution is -0.398. The lowest BCUT2D eigenvalue weighted by Crippen LogP contribution is -2.71. The number of amides is 7. The third kappa shape index (κ3) is 26.7. The third-order valence-corrected chi connectivity index (χ3v) is 25.7. The normalized spacial score (nSPS) is 47.5. The first kappa shape index (κ1) is 117. The van der Waals surface area contributed by atoms with Crippen LogP contribution in [0.15, 0.2) is 0 Å². The Balaban J connectivity index is 0.958. The minimum absolute atomic E-state index is 0.812. The predicted octanol–water partition coefficient (Wildman–Crippen LogP) is -22.9. The Labute approximate surface area is 805 Å². The summed E-state index contributed by atoms with van der Waals surface area (Å²) < 4.78 is 127. The molecule has 0 aliphatic carbocycles. The van der Waals surface area contributed by atoms with Crippen LogP contribution in [-0.4, -0.2) is 583 Å². The van der Waals surface area contributed by atoms with Gasteiger partial charge in [0.2, 0.25) is 41.4 Å². The van der Waals surface area contributed by atoms with Crippen LogP contribution in [0.5, 0.6) is 0 Å². The molecule has 0 saturated carbocycles. The maximum absolute atomic E-state index is 13.4. The molecular formula is C80H133N7O55. The molecule has 0 bridgehead atoms. The number of carbonyl (C=O) groups is 7. The second-order valence-electron chi connectivity index (χ2n) is 36.0. The van der Waals surface area contributed by atoms with Crippen molar-refractivity contribution in [3.63, 3.8) is 0 Å². The molecule has 11 heterocycles. The number of rotatable bonds is 37. The van der Waals surface area contributed by atoms with Crippen molar-refractivity contribution in [1.82, 2.24) is 37.2 Å². The largest absolute Gasteiger partial charge is 0.394 e. The highest BCUT2D eigenvalue weighted by molar-refractivity contribution is 5.75. The van der Waals surface area contributed by atoms with E-state index in [-0.39, 0.29) is 0 Å². The van der Waals surface area contributed by atoms with Crippen molar-refractivity contribution in [3.8, 4) is 0 Å². The van der Waals surface area contributed by atoms with Crippen LogP contribution < -0.4 is 37.2 Å². The molecule has 7 amide bonds. The van der Waals surface area contributed by atoms with E-state index in [0.29, 0.717) is 0 Å². The van der Waals surface area contributed by atoms with Gasteiger partial charge in [0, 0.05) is 48.5 Å². The standard InChI is InChI=1S/C80H133N7O55/c1-19-44(102)58(116)61(119)77(125-19)123-18-36-66(54(112)37(70(121)126-36)81-20(2)95)138-75-42(86-25(7)100)57(115)65(33(15-94)132-75)139-78-62(120)67(140-80-69(59(117)48(106)30(12-91)130-80)142-76-43(87-26(8)101)56(114)64(32(14-93)133-76)137-73-39(83-22(4)97)52(110)46(104)28(10-89)128-73)50(108)35(134-78)17-124-79-68(141-74-40(84-23(5)98)53(111)47(105)29(11-90)129-74)60(118)49(107)34(135-79)16-122-71-41(85-24(6)99)55(113)63(31(13-92)131-71)136-72-38(82-21(3)96)51(109)45(103)27(9-88)127-72/h19,27-80,88-94,102-121H,9-18H2,1-8H3,(H,81,95)(H,82,96)(H,83,97)(H,84,98)(H,85,99)(H,86,100)(H,87,101)/t19-,27+,28+,29+,30+,31+,32+,33+,34+,35+,36+,37+,38+,39+,40+,41+,42+,43+,44+,45-,46-,47+,48+,49+,50+,51+,52+,53+,54+,55+,56+,57+,58+,59-,60-,61-,62-,63+,64+,65+,66+,67-,68-,69-,70?,71+,72-,73-,74-,75-,76-,77+,78-,79-,80+/m0/s1. The minimum atomic E-state index is -2.71. The monoisotopic (exact) mass is 2070 g/mol. The van der Waals surface area contributed by atoms with Gasteiger partial charge in [0.25, 0.3) is 0 Å². The molecular weight excluding hydrogens is 1940 g/mol. The summed E-state index contributed by atoms with van der Waals surface area (Å²) >= 11 is 0. The molecule has 0 aromatic heterocycles. The molecule has 11 rings (SSSR count). The van der Waals surface area contributed by atoms with Gasteiger partial charge >= 0.3 is 0 Å². The van der Waals surface area contributed by atoms with Crippen molar-refractivity contribution in [2.45, 2.75) is 393 Å². The zero-order chi connectivity index (χ0) is 105. The van der Waals surface area contributed by atoms with Crippen LogP contribution in [0, 0.1) is 0 Å². The lowest BCUT2D eigenvalue weighted by Gasteiger charge is -2.51. The van der Waals surface area contributed by atoms with Gasteiger partial charge in [0.05, 0.1) is 72.2 Å². The van der Waals surface area contributed by atoms with Crippen LogP contribution in [0.1, 0.15) is 55.4 Å². The Hall–Kier alpha value is -5.63. The van der Waals surface area contributed by atoms with Crippen LogP contribution >= 0.6 is 0 Å². The molecule has 142 heavy (non-hydrogen) atoms. The Morgan fingerprint density at radius 1 is 0.197 bits per heavy atom. The third-order valence-electron chi connectivity index (χ3n) is 25.7. The van der Waals surface area contributed by atoms with Gasteiger partial charge in [-0.1, -0.05) is 0 Å². The summed E-state index contributed by atoms with van der Waals surface area (Å²) in [6.45, 7) is -3.32. The number of nitrogens with one attached hydrogen (secondary N) is 7. The van der Waals surface area contributed by atoms with Gasteiger partial charge < -0.3 is 275 Å². The Morgan fingerprint density at radius 2 is 0.444 bits per heavy atom. The van der Waals surface area contributed by atoms with Crippen molar-refractivity contribution < 1.29 is 271 Å². The van der Waals surface area contributed by atoms with Gasteiger partial charge in [-0.05, 0) is 6.92 Å². The second kappa shape index (κ2) is 51.3. The van der Waals surface area contributed by atoms with Gasteiger partial charge in [0.15, 0.2) is 69.2 Å². The molecule has 11 fully saturated rings. The minimum Gasteiger partial charge on any atom is -0.394 e. The van der Waals surface area contributed by atoms with E-state index in [1.54, 1.807) is 0 Å². The van der Waals surface area contributed by atoms with E-state index in [1.807, 2.05) is 0 Å².